The molecule has 5 rings (SSSR count). The number of rotatable bonds is 5. The van der Waals surface area contributed by atoms with Crippen LogP contribution in [-0.4, -0.2) is 52.1 Å². The van der Waals surface area contributed by atoms with Crippen molar-refractivity contribution in [2.45, 2.75) is 58.5 Å². The molecular formula is C30H38N4O2. The Bertz CT molecular complexity index is 1200. The molecule has 2 aliphatic rings. The van der Waals surface area contributed by atoms with Crippen LogP contribution in [0.3, 0.4) is 0 Å². The van der Waals surface area contributed by atoms with Crippen molar-refractivity contribution in [2.75, 3.05) is 31.1 Å². The van der Waals surface area contributed by atoms with Gasteiger partial charge in [0.05, 0.1) is 17.3 Å². The van der Waals surface area contributed by atoms with Gasteiger partial charge in [0.25, 0.3) is 0 Å². The summed E-state index contributed by atoms with van der Waals surface area (Å²) in [6.45, 7) is 9.54. The summed E-state index contributed by atoms with van der Waals surface area (Å²) in [6.07, 6.45) is 2.91. The van der Waals surface area contributed by atoms with E-state index >= 15 is 0 Å². The van der Waals surface area contributed by atoms with Gasteiger partial charge >= 0.3 is 0 Å². The number of carbonyl (C=O) groups excluding carboxylic acids is 1. The van der Waals surface area contributed by atoms with Crippen LogP contribution in [0, 0.1) is 18.8 Å². The highest BCUT2D eigenvalue weighted by molar-refractivity contribution is 5.83. The molecule has 0 aliphatic carbocycles. The average molecular weight is 487 g/mol. The molecule has 1 amide bonds. The number of nitrogens with zero attached hydrogens (tertiary/aromatic N) is 4. The number of aliphatic hydroxyl groups excluding tert-OH is 1. The Balaban J connectivity index is 1.17. The fraction of sp³-hybridized carbons (Fsp3) is 0.500. The van der Waals surface area contributed by atoms with Crippen molar-refractivity contribution in [1.82, 2.24) is 14.9 Å². The third-order valence-electron chi connectivity index (χ3n) is 8.13. The normalized spacial score (nSPS) is 18.7. The molecule has 0 spiro atoms. The summed E-state index contributed by atoms with van der Waals surface area (Å²) in [5.41, 5.74) is 4.28. The van der Waals surface area contributed by atoms with Crippen LogP contribution in [-0.2, 0) is 4.79 Å². The Morgan fingerprint density at radius 3 is 2.28 bits per heavy atom. The molecule has 3 heterocycles. The maximum Gasteiger partial charge on any atom is 0.226 e. The second kappa shape index (κ2) is 10.6. The van der Waals surface area contributed by atoms with Gasteiger partial charge in [0.1, 0.15) is 0 Å². The number of hydrogen-bond donors (Lipinski definition) is 1. The van der Waals surface area contributed by atoms with E-state index in [2.05, 4.69) is 43.9 Å². The van der Waals surface area contributed by atoms with Gasteiger partial charge < -0.3 is 14.9 Å². The molecule has 3 aromatic rings. The largest absolute Gasteiger partial charge is 0.388 e. The lowest BCUT2D eigenvalue weighted by Gasteiger charge is -2.38. The van der Waals surface area contributed by atoms with Crippen molar-refractivity contribution in [3.8, 4) is 0 Å². The predicted molar refractivity (Wildman–Crippen MR) is 144 cm³/mol. The third kappa shape index (κ3) is 5.10. The zero-order valence-corrected chi connectivity index (χ0v) is 21.7. The number of hydrogen-bond acceptors (Lipinski definition) is 5. The Labute approximate surface area is 214 Å². The number of aryl methyl sites for hydroxylation is 1. The van der Waals surface area contributed by atoms with Crippen LogP contribution < -0.4 is 4.90 Å². The van der Waals surface area contributed by atoms with Crippen molar-refractivity contribution in [1.29, 1.82) is 0 Å². The van der Waals surface area contributed by atoms with Gasteiger partial charge in [-0.15, -0.1) is 0 Å². The van der Waals surface area contributed by atoms with E-state index < -0.39 is 6.10 Å². The second-order valence-corrected chi connectivity index (χ2v) is 10.8. The van der Waals surface area contributed by atoms with Gasteiger partial charge in [0, 0.05) is 37.5 Å². The maximum atomic E-state index is 13.3. The highest BCUT2D eigenvalue weighted by Gasteiger charge is 2.33. The van der Waals surface area contributed by atoms with Crippen LogP contribution in [0.1, 0.15) is 68.4 Å². The number of anilines is 1. The number of piperidine rings is 2. The van der Waals surface area contributed by atoms with Gasteiger partial charge in [0.15, 0.2) is 0 Å². The number of carbonyl (C=O) groups is 1. The number of fused-ring (bicyclic) bond motifs is 1. The van der Waals surface area contributed by atoms with E-state index in [4.69, 9.17) is 9.97 Å². The highest BCUT2D eigenvalue weighted by Crippen LogP contribution is 2.32. The predicted octanol–water partition coefficient (Wildman–Crippen LogP) is 5.25. The molecule has 1 aromatic heterocycles. The molecule has 0 radical (unpaired) electrons. The molecule has 1 atom stereocenters. The Hall–Kier alpha value is -2.99. The highest BCUT2D eigenvalue weighted by atomic mass is 16.3. The van der Waals surface area contributed by atoms with Crippen molar-refractivity contribution < 1.29 is 9.90 Å². The fourth-order valence-corrected chi connectivity index (χ4v) is 5.73. The first-order valence-electron chi connectivity index (χ1n) is 13.5. The van der Waals surface area contributed by atoms with Crippen LogP contribution in [0.15, 0.2) is 48.5 Å². The van der Waals surface area contributed by atoms with E-state index in [1.54, 1.807) is 0 Å². The summed E-state index contributed by atoms with van der Waals surface area (Å²) in [4.78, 5) is 27.2. The minimum Gasteiger partial charge on any atom is -0.388 e. The van der Waals surface area contributed by atoms with Crippen LogP contribution in [0.5, 0.6) is 0 Å². The zero-order chi connectivity index (χ0) is 25.2. The van der Waals surface area contributed by atoms with Gasteiger partial charge in [-0.3, -0.25) is 4.79 Å². The first-order chi connectivity index (χ1) is 17.4. The number of amides is 1. The van der Waals surface area contributed by atoms with Gasteiger partial charge in [-0.25, -0.2) is 9.97 Å². The van der Waals surface area contributed by atoms with E-state index in [0.29, 0.717) is 5.92 Å². The zero-order valence-electron chi connectivity index (χ0n) is 21.7. The Kier molecular flexibility index (Phi) is 7.24. The van der Waals surface area contributed by atoms with Crippen molar-refractivity contribution in [3.63, 3.8) is 0 Å². The quantitative estimate of drug-likeness (QED) is 0.533. The average Bonchev–Trinajstić information content (AvgIpc) is 2.92. The van der Waals surface area contributed by atoms with E-state index in [-0.39, 0.29) is 17.7 Å². The Morgan fingerprint density at radius 2 is 1.61 bits per heavy atom. The molecular weight excluding hydrogens is 448 g/mol. The lowest BCUT2D eigenvalue weighted by atomic mass is 9.86. The minimum atomic E-state index is -0.450. The monoisotopic (exact) mass is 486 g/mol. The van der Waals surface area contributed by atoms with E-state index in [1.807, 2.05) is 35.2 Å². The Morgan fingerprint density at radius 1 is 0.917 bits per heavy atom. The van der Waals surface area contributed by atoms with Gasteiger partial charge in [-0.2, -0.15) is 0 Å². The molecule has 190 valence electrons. The van der Waals surface area contributed by atoms with Crippen LogP contribution in [0.2, 0.25) is 0 Å². The molecule has 1 unspecified atom stereocenters. The first kappa shape index (κ1) is 24.7. The second-order valence-electron chi connectivity index (χ2n) is 10.8. The van der Waals surface area contributed by atoms with Crippen LogP contribution >= 0.6 is 0 Å². The molecule has 0 saturated carbocycles. The SMILES string of the molecule is Cc1nc(N2CCC(C(=O)N3CCC(C(O)c4ccccc4)CC3)CC2)nc2ccc(C(C)C)cc12. The smallest absolute Gasteiger partial charge is 0.226 e. The molecule has 2 aliphatic heterocycles. The van der Waals surface area contributed by atoms with Crippen molar-refractivity contribution in [2.24, 2.45) is 11.8 Å². The van der Waals surface area contributed by atoms with Gasteiger partial charge in [0.2, 0.25) is 11.9 Å². The topological polar surface area (TPSA) is 69.6 Å². The van der Waals surface area contributed by atoms with Gasteiger partial charge in [-0.05, 0) is 67.7 Å². The minimum absolute atomic E-state index is 0.0620. The van der Waals surface area contributed by atoms with Gasteiger partial charge in [-0.1, -0.05) is 50.2 Å². The van der Waals surface area contributed by atoms with E-state index in [1.165, 1.54) is 5.56 Å². The van der Waals surface area contributed by atoms with Crippen molar-refractivity contribution >= 4 is 22.8 Å². The molecule has 6 nitrogen and oxygen atoms in total. The summed E-state index contributed by atoms with van der Waals surface area (Å²) < 4.78 is 0. The molecule has 36 heavy (non-hydrogen) atoms. The molecule has 2 fully saturated rings. The van der Waals surface area contributed by atoms with Crippen LogP contribution in [0.4, 0.5) is 5.95 Å². The molecule has 0 bridgehead atoms. The molecule has 6 heteroatoms. The molecule has 2 aromatic carbocycles. The van der Waals surface area contributed by atoms with E-state index in [9.17, 15) is 9.90 Å². The van der Waals surface area contributed by atoms with E-state index in [0.717, 1.165) is 80.0 Å². The summed E-state index contributed by atoms with van der Waals surface area (Å²) in [5, 5.41) is 11.9. The maximum absolute atomic E-state index is 13.3. The molecule has 1 N–H and O–H groups in total. The standard InChI is InChI=1S/C30H38N4O2/c1-20(2)25-9-10-27-26(19-25)21(3)31-30(32-27)34-17-13-24(14-18-34)29(36)33-15-11-23(12-16-33)28(35)22-7-5-4-6-8-22/h4-10,19-20,23-24,28,35H,11-18H2,1-3H3. The fourth-order valence-electron chi connectivity index (χ4n) is 5.73. The van der Waals surface area contributed by atoms with Crippen LogP contribution in [0.25, 0.3) is 10.9 Å². The third-order valence-corrected chi connectivity index (χ3v) is 8.13. The lowest BCUT2D eigenvalue weighted by molar-refractivity contribution is -0.138. The number of aliphatic hydroxyl groups is 1. The molecule has 2 saturated heterocycles. The first-order valence-corrected chi connectivity index (χ1v) is 13.5. The summed E-state index contributed by atoms with van der Waals surface area (Å²) in [7, 11) is 0. The van der Waals surface area contributed by atoms with Crippen molar-refractivity contribution in [3.05, 3.63) is 65.4 Å². The number of aromatic nitrogens is 2. The summed E-state index contributed by atoms with van der Waals surface area (Å²) in [6, 6.07) is 16.4. The summed E-state index contributed by atoms with van der Waals surface area (Å²) >= 11 is 0. The number of likely N-dealkylation sites (tertiary alicyclic amines) is 1. The summed E-state index contributed by atoms with van der Waals surface area (Å²) in [5.74, 6) is 1.80. The lowest BCUT2D eigenvalue weighted by Crippen LogP contribution is -2.46. The number of benzene rings is 2.